The van der Waals surface area contributed by atoms with Gasteiger partial charge in [-0.3, -0.25) is 0 Å². The fourth-order valence-corrected chi connectivity index (χ4v) is 7.16. The third-order valence-electron chi connectivity index (χ3n) is 2.73. The van der Waals surface area contributed by atoms with Crippen LogP contribution in [0.4, 0.5) is 0 Å². The van der Waals surface area contributed by atoms with Crippen molar-refractivity contribution < 1.29 is 16.8 Å². The highest BCUT2D eigenvalue weighted by molar-refractivity contribution is 9.11. The molecule has 0 amide bonds. The van der Waals surface area contributed by atoms with Gasteiger partial charge in [-0.15, -0.1) is 11.3 Å². The minimum Gasteiger partial charge on any atom is -0.229 e. The summed E-state index contributed by atoms with van der Waals surface area (Å²) in [6.45, 7) is 0.215. The summed E-state index contributed by atoms with van der Waals surface area (Å²) in [7, 11) is -6.80. The van der Waals surface area contributed by atoms with Crippen LogP contribution < -0.4 is 0 Å². The van der Waals surface area contributed by atoms with Crippen molar-refractivity contribution >= 4 is 58.7 Å². The molecule has 0 unspecified atom stereocenters. The number of sulfonamides is 1. The molecule has 0 spiro atoms. The highest BCUT2D eigenvalue weighted by atomic mass is 79.9. The number of hydrogen-bond acceptors (Lipinski definition) is 5. The molecule has 0 aromatic carbocycles. The van der Waals surface area contributed by atoms with Crippen LogP contribution in [0.5, 0.6) is 0 Å². The Morgan fingerprint density at radius 3 is 2.58 bits per heavy atom. The molecular formula is C9H11BrClNO4S3. The summed E-state index contributed by atoms with van der Waals surface area (Å²) in [6.07, 6.45) is 0.321. The Morgan fingerprint density at radius 1 is 1.32 bits per heavy atom. The molecule has 0 atom stereocenters. The highest BCUT2D eigenvalue weighted by Gasteiger charge is 2.30. The first-order chi connectivity index (χ1) is 8.72. The molecule has 10 heteroatoms. The molecule has 0 bridgehead atoms. The van der Waals surface area contributed by atoms with Crippen LogP contribution in [0.2, 0.25) is 5.02 Å². The SMILES string of the molecule is O=S1(=O)CCCN(S(=O)(=O)c2cc(Cl)c(Br)s2)CC1. The molecule has 1 aromatic heterocycles. The lowest BCUT2D eigenvalue weighted by Crippen LogP contribution is -2.33. The van der Waals surface area contributed by atoms with E-state index < -0.39 is 19.9 Å². The average molecular weight is 409 g/mol. The minimum absolute atomic E-state index is 0.00218. The molecule has 1 fully saturated rings. The molecule has 2 heterocycles. The standard InChI is InChI=1S/C9H11BrClNO4S3/c10-9-7(11)6-8(17-9)19(15,16)12-2-1-4-18(13,14)5-3-12/h6H,1-5H2. The van der Waals surface area contributed by atoms with E-state index in [9.17, 15) is 16.8 Å². The molecule has 19 heavy (non-hydrogen) atoms. The van der Waals surface area contributed by atoms with E-state index >= 15 is 0 Å². The van der Waals surface area contributed by atoms with Gasteiger partial charge in [0.15, 0.2) is 9.84 Å². The highest BCUT2D eigenvalue weighted by Crippen LogP contribution is 2.36. The third-order valence-corrected chi connectivity index (χ3v) is 9.27. The predicted octanol–water partition coefficient (Wildman–Crippen LogP) is 1.97. The molecule has 2 rings (SSSR count). The number of hydrogen-bond donors (Lipinski definition) is 0. The topological polar surface area (TPSA) is 71.5 Å². The fraction of sp³-hybridized carbons (Fsp3) is 0.556. The van der Waals surface area contributed by atoms with Crippen molar-refractivity contribution in [1.82, 2.24) is 4.31 Å². The Labute approximate surface area is 129 Å². The van der Waals surface area contributed by atoms with Gasteiger partial charge in [0.25, 0.3) is 10.0 Å². The lowest BCUT2D eigenvalue weighted by molar-refractivity contribution is 0.436. The van der Waals surface area contributed by atoms with E-state index in [-0.39, 0.29) is 28.8 Å². The van der Waals surface area contributed by atoms with Crippen LogP contribution in [-0.4, -0.2) is 45.7 Å². The molecular weight excluding hydrogens is 398 g/mol. The summed E-state index contributed by atoms with van der Waals surface area (Å²) < 4.78 is 49.6. The number of rotatable bonds is 2. The van der Waals surface area contributed by atoms with Crippen molar-refractivity contribution in [2.24, 2.45) is 0 Å². The van der Waals surface area contributed by atoms with Gasteiger partial charge in [-0.05, 0) is 28.4 Å². The summed E-state index contributed by atoms with van der Waals surface area (Å²) in [4.78, 5) is 0. The van der Waals surface area contributed by atoms with E-state index in [1.54, 1.807) is 0 Å². The van der Waals surface area contributed by atoms with Gasteiger partial charge < -0.3 is 0 Å². The van der Waals surface area contributed by atoms with Crippen molar-refractivity contribution in [1.29, 1.82) is 0 Å². The molecule has 1 aromatic rings. The maximum absolute atomic E-state index is 12.4. The van der Waals surface area contributed by atoms with Crippen LogP contribution in [-0.2, 0) is 19.9 Å². The van der Waals surface area contributed by atoms with Gasteiger partial charge in [0, 0.05) is 13.1 Å². The maximum atomic E-state index is 12.4. The van der Waals surface area contributed by atoms with E-state index in [2.05, 4.69) is 15.9 Å². The fourth-order valence-electron chi connectivity index (χ4n) is 1.74. The Kier molecular flexibility index (Phi) is 4.64. The predicted molar refractivity (Wildman–Crippen MR) is 79.1 cm³/mol. The largest absolute Gasteiger partial charge is 0.252 e. The Bertz CT molecular complexity index is 663. The molecule has 0 N–H and O–H groups in total. The van der Waals surface area contributed by atoms with Crippen LogP contribution in [0.1, 0.15) is 6.42 Å². The van der Waals surface area contributed by atoms with E-state index in [0.717, 1.165) is 11.3 Å². The smallest absolute Gasteiger partial charge is 0.229 e. The Morgan fingerprint density at radius 2 is 2.00 bits per heavy atom. The quantitative estimate of drug-likeness (QED) is 0.750. The molecule has 1 saturated heterocycles. The van der Waals surface area contributed by atoms with Crippen molar-refractivity contribution in [2.45, 2.75) is 10.6 Å². The van der Waals surface area contributed by atoms with Crippen LogP contribution >= 0.6 is 38.9 Å². The lowest BCUT2D eigenvalue weighted by atomic mass is 10.5. The third kappa shape index (κ3) is 3.51. The van der Waals surface area contributed by atoms with Gasteiger partial charge in [0.05, 0.1) is 20.3 Å². The van der Waals surface area contributed by atoms with Gasteiger partial charge in [-0.25, -0.2) is 16.8 Å². The van der Waals surface area contributed by atoms with Crippen LogP contribution in [0.25, 0.3) is 0 Å². The van der Waals surface area contributed by atoms with Gasteiger partial charge in [-0.2, -0.15) is 4.31 Å². The van der Waals surface area contributed by atoms with Crippen LogP contribution in [0.15, 0.2) is 14.1 Å². The second-order valence-electron chi connectivity index (χ2n) is 4.10. The van der Waals surface area contributed by atoms with Crippen molar-refractivity contribution in [3.8, 4) is 0 Å². The van der Waals surface area contributed by atoms with Gasteiger partial charge in [0.2, 0.25) is 0 Å². The molecule has 1 aliphatic heterocycles. The molecule has 0 saturated carbocycles. The van der Waals surface area contributed by atoms with E-state index in [0.29, 0.717) is 15.2 Å². The minimum atomic E-state index is -3.66. The summed E-state index contributed by atoms with van der Waals surface area (Å²) in [6, 6.07) is 1.38. The van der Waals surface area contributed by atoms with Crippen LogP contribution in [0, 0.1) is 0 Å². The molecule has 0 aliphatic carbocycles. The number of nitrogens with zero attached hydrogens (tertiary/aromatic N) is 1. The second kappa shape index (κ2) is 5.61. The van der Waals surface area contributed by atoms with E-state index in [1.165, 1.54) is 10.4 Å². The zero-order chi connectivity index (χ0) is 14.3. The Hall–Kier alpha value is 0.330. The summed E-state index contributed by atoms with van der Waals surface area (Å²) in [5.41, 5.74) is 0. The molecule has 5 nitrogen and oxygen atoms in total. The van der Waals surface area contributed by atoms with Gasteiger partial charge in [-0.1, -0.05) is 11.6 Å². The van der Waals surface area contributed by atoms with Crippen molar-refractivity contribution in [2.75, 3.05) is 24.6 Å². The lowest BCUT2D eigenvalue weighted by Gasteiger charge is -2.17. The summed E-state index contributed by atoms with van der Waals surface area (Å²) in [5.74, 6) is -0.0968. The van der Waals surface area contributed by atoms with Crippen molar-refractivity contribution in [3.63, 3.8) is 0 Å². The normalized spacial score (nSPS) is 21.2. The maximum Gasteiger partial charge on any atom is 0.252 e. The summed E-state index contributed by atoms with van der Waals surface area (Å²) in [5, 5.41) is 0.339. The van der Waals surface area contributed by atoms with Gasteiger partial charge >= 0.3 is 0 Å². The average Bonchev–Trinajstić information content (AvgIpc) is 2.54. The zero-order valence-corrected chi connectivity index (χ0v) is 14.5. The first kappa shape index (κ1) is 15.7. The second-order valence-corrected chi connectivity index (χ2v) is 11.3. The Balaban J connectivity index is 2.30. The first-order valence-corrected chi connectivity index (χ1v) is 10.6. The molecule has 0 radical (unpaired) electrons. The summed E-state index contributed by atoms with van der Waals surface area (Å²) >= 11 is 10.0. The first-order valence-electron chi connectivity index (χ1n) is 5.38. The zero-order valence-electron chi connectivity index (χ0n) is 9.67. The van der Waals surface area contributed by atoms with E-state index in [4.69, 9.17) is 11.6 Å². The molecule has 1 aliphatic rings. The van der Waals surface area contributed by atoms with Crippen LogP contribution in [0.3, 0.4) is 0 Å². The number of thiophene rings is 1. The van der Waals surface area contributed by atoms with Crippen molar-refractivity contribution in [3.05, 3.63) is 14.9 Å². The monoisotopic (exact) mass is 407 g/mol. The number of sulfone groups is 1. The molecule has 108 valence electrons. The van der Waals surface area contributed by atoms with E-state index in [1.807, 2.05) is 0 Å². The van der Waals surface area contributed by atoms with Gasteiger partial charge in [0.1, 0.15) is 4.21 Å². The number of halogens is 2.